The molecule has 3 unspecified atom stereocenters. The molecule has 2 heteroatoms. The van der Waals surface area contributed by atoms with E-state index in [0.717, 1.165) is 57.3 Å². The van der Waals surface area contributed by atoms with Crippen molar-refractivity contribution in [3.63, 3.8) is 0 Å². The molecule has 0 spiro atoms. The minimum atomic E-state index is -0.454. The topological polar surface area (TPSA) is 40.5 Å². The first-order valence-corrected chi connectivity index (χ1v) is 7.41. The summed E-state index contributed by atoms with van der Waals surface area (Å²) in [5, 5.41) is 20.6. The van der Waals surface area contributed by atoms with Crippen LogP contribution in [0.2, 0.25) is 0 Å². The van der Waals surface area contributed by atoms with Crippen LogP contribution in [0.5, 0.6) is 0 Å². The first-order valence-electron chi connectivity index (χ1n) is 7.41. The van der Waals surface area contributed by atoms with E-state index in [0.29, 0.717) is 11.8 Å². The van der Waals surface area contributed by atoms with Gasteiger partial charge in [-0.25, -0.2) is 0 Å². The molecule has 0 amide bonds. The fourth-order valence-electron chi connectivity index (χ4n) is 3.83. The summed E-state index contributed by atoms with van der Waals surface area (Å²) in [7, 11) is 0. The molecule has 2 aliphatic rings. The Morgan fingerprint density at radius 3 is 2.41 bits per heavy atom. The van der Waals surface area contributed by atoms with Crippen LogP contribution in [0.25, 0.3) is 0 Å². The van der Waals surface area contributed by atoms with Gasteiger partial charge in [0.1, 0.15) is 0 Å². The van der Waals surface area contributed by atoms with E-state index in [2.05, 4.69) is 13.8 Å². The Hall–Kier alpha value is -0.0800. The average molecular weight is 240 g/mol. The summed E-state index contributed by atoms with van der Waals surface area (Å²) in [4.78, 5) is 0. The molecule has 17 heavy (non-hydrogen) atoms. The molecule has 2 fully saturated rings. The van der Waals surface area contributed by atoms with Crippen molar-refractivity contribution in [1.82, 2.24) is 0 Å². The molecule has 2 N–H and O–H groups in total. The standard InChI is InChI=1S/C15H28O2/c1-11(2)12-5-6-14(16)13(9-12)10-15(17)7-3-4-8-15/h11-14,16-17H,3-10H2,1-2H3. The molecular formula is C15H28O2. The first kappa shape index (κ1) is 13.4. The lowest BCUT2D eigenvalue weighted by molar-refractivity contribution is -0.0339. The smallest absolute Gasteiger partial charge is 0.0651 e. The average Bonchev–Trinajstić information content (AvgIpc) is 2.68. The Morgan fingerprint density at radius 2 is 1.82 bits per heavy atom. The molecule has 0 aliphatic heterocycles. The second-order valence-electron chi connectivity index (χ2n) is 6.78. The lowest BCUT2D eigenvalue weighted by Gasteiger charge is -2.38. The molecule has 0 heterocycles. The molecule has 0 radical (unpaired) electrons. The van der Waals surface area contributed by atoms with Gasteiger partial charge in [0.25, 0.3) is 0 Å². The van der Waals surface area contributed by atoms with E-state index < -0.39 is 5.60 Å². The Kier molecular flexibility index (Phi) is 4.14. The maximum Gasteiger partial charge on any atom is 0.0651 e. The van der Waals surface area contributed by atoms with Crippen molar-refractivity contribution in [2.45, 2.75) is 76.9 Å². The van der Waals surface area contributed by atoms with E-state index in [1.807, 2.05) is 0 Å². The number of hydrogen-bond acceptors (Lipinski definition) is 2. The van der Waals surface area contributed by atoms with Crippen molar-refractivity contribution in [2.24, 2.45) is 17.8 Å². The van der Waals surface area contributed by atoms with Crippen LogP contribution in [0.1, 0.15) is 65.2 Å². The van der Waals surface area contributed by atoms with Crippen LogP contribution >= 0.6 is 0 Å². The Labute approximate surface area is 105 Å². The third-order valence-electron chi connectivity index (χ3n) is 5.10. The van der Waals surface area contributed by atoms with E-state index in [-0.39, 0.29) is 6.10 Å². The zero-order valence-corrected chi connectivity index (χ0v) is 11.4. The van der Waals surface area contributed by atoms with Gasteiger partial charge in [0.2, 0.25) is 0 Å². The van der Waals surface area contributed by atoms with Gasteiger partial charge in [0.15, 0.2) is 0 Å². The third kappa shape index (κ3) is 3.23. The van der Waals surface area contributed by atoms with Crippen LogP contribution in [0.3, 0.4) is 0 Å². The van der Waals surface area contributed by atoms with Gasteiger partial charge in [-0.2, -0.15) is 0 Å². The number of rotatable bonds is 3. The van der Waals surface area contributed by atoms with Crippen LogP contribution in [0, 0.1) is 17.8 Å². The van der Waals surface area contributed by atoms with Gasteiger partial charge in [-0.05, 0) is 56.3 Å². The molecule has 2 nitrogen and oxygen atoms in total. The molecule has 0 aromatic rings. The Balaban J connectivity index is 1.93. The van der Waals surface area contributed by atoms with Gasteiger partial charge < -0.3 is 10.2 Å². The Bertz CT molecular complexity index is 243. The van der Waals surface area contributed by atoms with Gasteiger partial charge >= 0.3 is 0 Å². The maximum absolute atomic E-state index is 10.5. The van der Waals surface area contributed by atoms with Crippen LogP contribution < -0.4 is 0 Å². The molecule has 2 saturated carbocycles. The molecule has 0 bridgehead atoms. The van der Waals surface area contributed by atoms with Crippen molar-refractivity contribution in [3.8, 4) is 0 Å². The Morgan fingerprint density at radius 1 is 1.18 bits per heavy atom. The van der Waals surface area contributed by atoms with Gasteiger partial charge in [-0.1, -0.05) is 26.7 Å². The van der Waals surface area contributed by atoms with E-state index >= 15 is 0 Å². The highest BCUT2D eigenvalue weighted by atomic mass is 16.3. The molecule has 0 aromatic carbocycles. The van der Waals surface area contributed by atoms with E-state index in [1.54, 1.807) is 0 Å². The summed E-state index contributed by atoms with van der Waals surface area (Å²) in [5.74, 6) is 1.79. The maximum atomic E-state index is 10.5. The van der Waals surface area contributed by atoms with Crippen molar-refractivity contribution >= 4 is 0 Å². The monoisotopic (exact) mass is 240 g/mol. The summed E-state index contributed by atoms with van der Waals surface area (Å²) >= 11 is 0. The number of hydrogen-bond donors (Lipinski definition) is 2. The summed E-state index contributed by atoms with van der Waals surface area (Å²) in [6.07, 6.45) is 8.08. The van der Waals surface area contributed by atoms with Gasteiger partial charge in [-0.3, -0.25) is 0 Å². The second kappa shape index (κ2) is 5.27. The van der Waals surface area contributed by atoms with Gasteiger partial charge in [0, 0.05) is 0 Å². The lowest BCUT2D eigenvalue weighted by atomic mass is 9.71. The van der Waals surface area contributed by atoms with Gasteiger partial charge in [0.05, 0.1) is 11.7 Å². The molecule has 0 aromatic heterocycles. The normalized spacial score (nSPS) is 37.6. The van der Waals surface area contributed by atoms with Crippen LogP contribution in [0.15, 0.2) is 0 Å². The zero-order chi connectivity index (χ0) is 12.5. The van der Waals surface area contributed by atoms with Crippen LogP contribution in [-0.2, 0) is 0 Å². The molecule has 0 saturated heterocycles. The van der Waals surface area contributed by atoms with E-state index in [1.165, 1.54) is 0 Å². The van der Waals surface area contributed by atoms with Crippen molar-refractivity contribution < 1.29 is 10.2 Å². The van der Waals surface area contributed by atoms with Crippen molar-refractivity contribution in [3.05, 3.63) is 0 Å². The van der Waals surface area contributed by atoms with E-state index in [4.69, 9.17) is 0 Å². The summed E-state index contributed by atoms with van der Waals surface area (Å²) in [6, 6.07) is 0. The molecule has 2 rings (SSSR count). The van der Waals surface area contributed by atoms with Crippen molar-refractivity contribution in [1.29, 1.82) is 0 Å². The predicted molar refractivity (Wildman–Crippen MR) is 69.7 cm³/mol. The summed E-state index contributed by atoms with van der Waals surface area (Å²) in [6.45, 7) is 4.56. The molecular weight excluding hydrogens is 212 g/mol. The quantitative estimate of drug-likeness (QED) is 0.795. The zero-order valence-electron chi connectivity index (χ0n) is 11.4. The molecule has 3 atom stereocenters. The minimum Gasteiger partial charge on any atom is -0.393 e. The van der Waals surface area contributed by atoms with E-state index in [9.17, 15) is 10.2 Å². The fourth-order valence-corrected chi connectivity index (χ4v) is 3.83. The summed E-state index contributed by atoms with van der Waals surface area (Å²) < 4.78 is 0. The largest absolute Gasteiger partial charge is 0.393 e. The highest BCUT2D eigenvalue weighted by molar-refractivity contribution is 4.91. The number of aliphatic hydroxyl groups excluding tert-OH is 1. The lowest BCUT2D eigenvalue weighted by Crippen LogP contribution is -2.37. The van der Waals surface area contributed by atoms with Crippen LogP contribution in [-0.4, -0.2) is 21.9 Å². The highest BCUT2D eigenvalue weighted by Crippen LogP contribution is 2.42. The molecule has 100 valence electrons. The second-order valence-corrected chi connectivity index (χ2v) is 6.78. The highest BCUT2D eigenvalue weighted by Gasteiger charge is 2.38. The summed E-state index contributed by atoms with van der Waals surface area (Å²) in [5.41, 5.74) is -0.454. The minimum absolute atomic E-state index is 0.172. The third-order valence-corrected chi connectivity index (χ3v) is 5.10. The fraction of sp³-hybridized carbons (Fsp3) is 1.00. The van der Waals surface area contributed by atoms with Crippen molar-refractivity contribution in [2.75, 3.05) is 0 Å². The SMILES string of the molecule is CC(C)C1CCC(O)C(CC2(O)CCCC2)C1. The van der Waals surface area contributed by atoms with Crippen LogP contribution in [0.4, 0.5) is 0 Å². The first-order chi connectivity index (χ1) is 8.00. The predicted octanol–water partition coefficient (Wildman–Crippen LogP) is 3.11. The van der Waals surface area contributed by atoms with Gasteiger partial charge in [-0.15, -0.1) is 0 Å². The molecule has 2 aliphatic carbocycles. The number of aliphatic hydroxyl groups is 2.